The summed E-state index contributed by atoms with van der Waals surface area (Å²) < 4.78 is 7.35. The summed E-state index contributed by atoms with van der Waals surface area (Å²) in [5.41, 5.74) is 5.33. The van der Waals surface area contributed by atoms with Crippen LogP contribution in [0, 0.1) is 0 Å². The van der Waals surface area contributed by atoms with E-state index in [1.54, 1.807) is 0 Å². The molecule has 0 fully saturated rings. The normalized spacial score (nSPS) is 13.6. The average Bonchev–Trinajstić information content (AvgIpc) is 2.88. The van der Waals surface area contributed by atoms with Crippen LogP contribution >= 0.6 is 0 Å². The van der Waals surface area contributed by atoms with Gasteiger partial charge in [0, 0.05) is 0 Å². The van der Waals surface area contributed by atoms with Gasteiger partial charge >= 0.3 is 212 Å². The molecule has 1 aliphatic heterocycles. The number of nitrogens with one attached hydrogen (secondary N) is 2. The second-order valence-corrected chi connectivity index (χ2v) is 23.0. The summed E-state index contributed by atoms with van der Waals surface area (Å²) in [7, 11) is 0. The fourth-order valence-corrected chi connectivity index (χ4v) is 20.8. The quantitative estimate of drug-likeness (QED) is 0.216. The minimum absolute atomic E-state index is 0.101. The van der Waals surface area contributed by atoms with Crippen LogP contribution in [0.15, 0.2) is 70.8 Å². The van der Waals surface area contributed by atoms with E-state index in [-0.39, 0.29) is 6.98 Å². The van der Waals surface area contributed by atoms with Gasteiger partial charge in [-0.3, -0.25) is 0 Å². The van der Waals surface area contributed by atoms with Gasteiger partial charge in [0.25, 0.3) is 0 Å². The maximum absolute atomic E-state index is 3.90. The number of unbranched alkanes of at least 4 members (excludes halogenated alkanes) is 3. The standard InChI is InChI=1S/C18H14BN2.3C4H9.Sn/c1-13(14-7-3-2-4-8-14)19-20-16-11-5-9-15-10-6-12-17(21-19)18(15)16;3*1-3-4-2;/h1-12,20-21H;3*1,3-4H2,2H3;. The van der Waals surface area contributed by atoms with Crippen LogP contribution < -0.4 is 10.5 Å². The van der Waals surface area contributed by atoms with E-state index in [2.05, 4.69) is 102 Å². The predicted molar refractivity (Wildman–Crippen MR) is 156 cm³/mol. The Morgan fingerprint density at radius 1 is 0.706 bits per heavy atom. The third-order valence-electron chi connectivity index (χ3n) is 7.47. The summed E-state index contributed by atoms with van der Waals surface area (Å²) in [6.07, 6.45) is 8.07. The van der Waals surface area contributed by atoms with Crippen molar-refractivity contribution in [3.05, 3.63) is 76.4 Å². The molecule has 4 rings (SSSR count). The molecule has 2 nitrogen and oxygen atoms in total. The van der Waals surface area contributed by atoms with Gasteiger partial charge in [0.15, 0.2) is 0 Å². The maximum atomic E-state index is 3.90. The molecule has 2 N–H and O–H groups in total. The second-order valence-electron chi connectivity index (χ2n) is 10.1. The van der Waals surface area contributed by atoms with E-state index in [0.29, 0.717) is 0 Å². The van der Waals surface area contributed by atoms with Gasteiger partial charge in [-0.2, -0.15) is 0 Å². The van der Waals surface area contributed by atoms with Crippen LogP contribution in [0.1, 0.15) is 64.9 Å². The van der Waals surface area contributed by atoms with E-state index in [0.717, 1.165) is 0 Å². The number of hydrogen-bond donors (Lipinski definition) is 2. The molecule has 3 aromatic rings. The first kappa shape index (κ1) is 25.2. The van der Waals surface area contributed by atoms with Gasteiger partial charge in [-0.1, -0.05) is 0 Å². The molecule has 1 aliphatic rings. The summed E-state index contributed by atoms with van der Waals surface area (Å²) in [6, 6.07) is 24.4. The molecule has 0 radical (unpaired) electrons. The van der Waals surface area contributed by atoms with Gasteiger partial charge in [-0.05, 0) is 0 Å². The Hall–Kier alpha value is -1.88. The van der Waals surface area contributed by atoms with E-state index in [4.69, 9.17) is 0 Å². The minimum atomic E-state index is -2.52. The Morgan fingerprint density at radius 2 is 1.24 bits per heavy atom. The Kier molecular flexibility index (Phi) is 9.05. The predicted octanol–water partition coefficient (Wildman–Crippen LogP) is 9.18. The zero-order chi connectivity index (χ0) is 23.8. The van der Waals surface area contributed by atoms with Crippen LogP contribution in [-0.4, -0.2) is 25.4 Å². The third-order valence-corrected chi connectivity index (χ3v) is 21.7. The molecular formula is C30H41BN2Sn. The molecule has 3 aromatic carbocycles. The van der Waals surface area contributed by atoms with Crippen molar-refractivity contribution in [2.75, 3.05) is 10.5 Å². The van der Waals surface area contributed by atoms with Crippen LogP contribution in [0.2, 0.25) is 13.3 Å². The molecule has 34 heavy (non-hydrogen) atoms. The van der Waals surface area contributed by atoms with E-state index in [1.165, 1.54) is 85.0 Å². The van der Waals surface area contributed by atoms with Crippen LogP contribution in [0.25, 0.3) is 16.2 Å². The molecule has 0 bridgehead atoms. The van der Waals surface area contributed by atoms with E-state index >= 15 is 0 Å². The Bertz CT molecular complexity index is 1030. The molecule has 178 valence electrons. The van der Waals surface area contributed by atoms with E-state index < -0.39 is 18.4 Å². The van der Waals surface area contributed by atoms with Crippen molar-refractivity contribution < 1.29 is 0 Å². The van der Waals surface area contributed by atoms with Gasteiger partial charge in [0.2, 0.25) is 0 Å². The molecule has 0 aromatic heterocycles. The monoisotopic (exact) mass is 560 g/mol. The van der Waals surface area contributed by atoms with Crippen molar-refractivity contribution in [1.29, 1.82) is 0 Å². The number of benzene rings is 3. The molecule has 0 atom stereocenters. The van der Waals surface area contributed by atoms with Gasteiger partial charge in [-0.15, -0.1) is 0 Å². The molecule has 1 heterocycles. The van der Waals surface area contributed by atoms with Crippen LogP contribution in [0.4, 0.5) is 11.4 Å². The van der Waals surface area contributed by atoms with Crippen molar-refractivity contribution >= 4 is 53.0 Å². The fraction of sp³-hybridized carbons (Fsp3) is 0.400. The molecule has 0 aliphatic carbocycles. The second kappa shape index (κ2) is 12.2. The Morgan fingerprint density at radius 3 is 1.74 bits per heavy atom. The molecule has 0 saturated heterocycles. The summed E-state index contributed by atoms with van der Waals surface area (Å²) >= 11 is -2.52. The molecule has 0 saturated carbocycles. The van der Waals surface area contributed by atoms with Crippen LogP contribution in [0.3, 0.4) is 0 Å². The summed E-state index contributed by atoms with van der Waals surface area (Å²) in [6.45, 7) is 7.18. The Labute approximate surface area is 211 Å². The topological polar surface area (TPSA) is 24.1 Å². The molecule has 4 heteroatoms. The van der Waals surface area contributed by atoms with E-state index in [9.17, 15) is 0 Å². The first-order valence-corrected chi connectivity index (χ1v) is 21.2. The zero-order valence-corrected chi connectivity index (χ0v) is 24.2. The third kappa shape index (κ3) is 5.84. The van der Waals surface area contributed by atoms with Crippen molar-refractivity contribution in [2.24, 2.45) is 0 Å². The zero-order valence-electron chi connectivity index (χ0n) is 21.4. The Balaban J connectivity index is 1.80. The van der Waals surface area contributed by atoms with Gasteiger partial charge < -0.3 is 0 Å². The van der Waals surface area contributed by atoms with E-state index in [1.807, 2.05) is 0 Å². The van der Waals surface area contributed by atoms with Crippen molar-refractivity contribution in [1.82, 2.24) is 0 Å². The van der Waals surface area contributed by atoms with Crippen molar-refractivity contribution in [3.63, 3.8) is 0 Å². The summed E-state index contributed by atoms with van der Waals surface area (Å²) in [5.74, 6) is 0. The average molecular weight is 559 g/mol. The number of hydrogen-bond acceptors (Lipinski definition) is 2. The molecular weight excluding hydrogens is 518 g/mol. The van der Waals surface area contributed by atoms with Crippen molar-refractivity contribution in [3.8, 4) is 0 Å². The van der Waals surface area contributed by atoms with Gasteiger partial charge in [0.05, 0.1) is 0 Å². The summed E-state index contributed by atoms with van der Waals surface area (Å²) in [4.78, 5) is 0. The van der Waals surface area contributed by atoms with Crippen molar-refractivity contribution in [2.45, 2.75) is 72.6 Å². The number of rotatable bonds is 12. The molecule has 0 unspecified atom stereocenters. The van der Waals surface area contributed by atoms with Crippen LogP contribution in [0.5, 0.6) is 0 Å². The first-order chi connectivity index (χ1) is 16.7. The summed E-state index contributed by atoms with van der Waals surface area (Å²) in [5, 5.41) is 10.4. The number of anilines is 2. The molecule has 0 spiro atoms. The molecule has 0 amide bonds. The van der Waals surface area contributed by atoms with Crippen LogP contribution in [-0.2, 0) is 0 Å². The van der Waals surface area contributed by atoms with Gasteiger partial charge in [-0.25, -0.2) is 0 Å². The van der Waals surface area contributed by atoms with Gasteiger partial charge in [0.1, 0.15) is 0 Å². The first-order valence-electron chi connectivity index (χ1n) is 13.5. The SMILES string of the molecule is CCC[CH2][Sn](/[CH]=C(\B1Nc2cccc3cccc(c23)N1)c1ccccc1)([CH2]CCC)[CH2]CCC. The fourth-order valence-electron chi connectivity index (χ4n) is 5.56.